The molecule has 9 heteroatoms. The molecule has 0 radical (unpaired) electrons. The van der Waals surface area contributed by atoms with Crippen LogP contribution in [0.3, 0.4) is 0 Å². The summed E-state index contributed by atoms with van der Waals surface area (Å²) in [6.45, 7) is 1.53. The zero-order valence-electron chi connectivity index (χ0n) is 16.1. The lowest BCUT2D eigenvalue weighted by molar-refractivity contribution is -0.130. The van der Waals surface area contributed by atoms with Crippen LogP contribution in [0.5, 0.6) is 23.0 Å². The first-order valence-electron chi connectivity index (χ1n) is 9.38. The number of nitrogens with one attached hydrogen (secondary N) is 1. The molecule has 0 aliphatic carbocycles. The number of ether oxygens (including phenoxy) is 4. The molecule has 9 nitrogen and oxygen atoms in total. The molecule has 2 aromatic rings. The van der Waals surface area contributed by atoms with Crippen molar-refractivity contribution in [3.8, 4) is 23.0 Å². The molecule has 0 unspecified atom stereocenters. The fourth-order valence-corrected chi connectivity index (χ4v) is 3.77. The quantitative estimate of drug-likeness (QED) is 0.593. The van der Waals surface area contributed by atoms with Gasteiger partial charge in [-0.3, -0.25) is 14.5 Å². The maximum atomic E-state index is 13.0. The number of urea groups is 1. The number of benzene rings is 2. The Morgan fingerprint density at radius 1 is 0.967 bits per heavy atom. The van der Waals surface area contributed by atoms with Gasteiger partial charge in [-0.15, -0.1) is 0 Å². The van der Waals surface area contributed by atoms with E-state index in [1.807, 2.05) is 6.07 Å². The van der Waals surface area contributed by atoms with Crippen LogP contribution in [-0.2, 0) is 11.2 Å². The van der Waals surface area contributed by atoms with E-state index in [4.69, 9.17) is 18.9 Å². The fraction of sp³-hybridized carbons (Fsp3) is 0.286. The molecule has 0 bridgehead atoms. The lowest BCUT2D eigenvalue weighted by Crippen LogP contribution is -2.46. The second-order valence-electron chi connectivity index (χ2n) is 7.51. The number of nitrogens with zero attached hydrogens (tertiary/aromatic N) is 1. The number of hydrogen-bond acceptors (Lipinski definition) is 7. The Bertz CT molecular complexity index is 1080. The Balaban J connectivity index is 1.31. The van der Waals surface area contributed by atoms with Crippen molar-refractivity contribution in [2.75, 3.05) is 20.1 Å². The number of amides is 3. The summed E-state index contributed by atoms with van der Waals surface area (Å²) in [5.41, 5.74) is -0.0245. The van der Waals surface area contributed by atoms with Crippen LogP contribution in [0.4, 0.5) is 4.79 Å². The molecule has 30 heavy (non-hydrogen) atoms. The van der Waals surface area contributed by atoms with E-state index in [0.29, 0.717) is 28.6 Å². The minimum atomic E-state index is -1.17. The molecule has 1 N–H and O–H groups in total. The van der Waals surface area contributed by atoms with Gasteiger partial charge in [-0.25, -0.2) is 4.79 Å². The van der Waals surface area contributed by atoms with Crippen molar-refractivity contribution in [3.05, 3.63) is 47.5 Å². The Kier molecular flexibility index (Phi) is 4.05. The van der Waals surface area contributed by atoms with Gasteiger partial charge in [0.25, 0.3) is 5.91 Å². The number of imide groups is 1. The molecule has 5 rings (SSSR count). The Morgan fingerprint density at radius 2 is 1.60 bits per heavy atom. The molecule has 1 saturated heterocycles. The maximum absolute atomic E-state index is 13.0. The molecule has 1 atom stereocenters. The average Bonchev–Trinajstić information content (AvgIpc) is 3.42. The average molecular weight is 410 g/mol. The number of carbonyl (C=O) groups excluding carboxylic acids is 3. The first kappa shape index (κ1) is 18.3. The van der Waals surface area contributed by atoms with Crippen molar-refractivity contribution in [1.82, 2.24) is 10.2 Å². The van der Waals surface area contributed by atoms with E-state index in [9.17, 15) is 14.4 Å². The topological polar surface area (TPSA) is 103 Å². The first-order valence-corrected chi connectivity index (χ1v) is 9.38. The van der Waals surface area contributed by atoms with Crippen molar-refractivity contribution in [3.63, 3.8) is 0 Å². The van der Waals surface area contributed by atoms with Crippen molar-refractivity contribution in [1.29, 1.82) is 0 Å². The van der Waals surface area contributed by atoms with E-state index in [2.05, 4.69) is 5.32 Å². The van der Waals surface area contributed by atoms with Gasteiger partial charge < -0.3 is 24.3 Å². The van der Waals surface area contributed by atoms with E-state index in [-0.39, 0.29) is 32.3 Å². The van der Waals surface area contributed by atoms with Gasteiger partial charge in [-0.1, -0.05) is 6.07 Å². The summed E-state index contributed by atoms with van der Waals surface area (Å²) in [6.07, 6.45) is 0.253. The van der Waals surface area contributed by atoms with Crippen LogP contribution < -0.4 is 24.3 Å². The second kappa shape index (κ2) is 6.65. The van der Waals surface area contributed by atoms with E-state index in [1.165, 1.54) is 0 Å². The van der Waals surface area contributed by atoms with Crippen LogP contribution in [0.15, 0.2) is 36.4 Å². The largest absolute Gasteiger partial charge is 0.454 e. The zero-order chi connectivity index (χ0) is 20.9. The lowest BCUT2D eigenvalue weighted by atomic mass is 9.92. The molecule has 0 aromatic heterocycles. The SMILES string of the molecule is C[C@]1(Cc2ccc3c(c2)OCO3)NC(=O)N(CC(=O)c2ccc3c(c2)OCO3)C1=O. The van der Waals surface area contributed by atoms with Crippen molar-refractivity contribution in [2.24, 2.45) is 0 Å². The maximum Gasteiger partial charge on any atom is 0.325 e. The molecule has 3 aliphatic heterocycles. The number of carbonyl (C=O) groups is 3. The minimum Gasteiger partial charge on any atom is -0.454 e. The van der Waals surface area contributed by atoms with Gasteiger partial charge in [0, 0.05) is 12.0 Å². The van der Waals surface area contributed by atoms with Gasteiger partial charge >= 0.3 is 6.03 Å². The summed E-state index contributed by atoms with van der Waals surface area (Å²) in [5.74, 6) is 1.43. The first-order chi connectivity index (χ1) is 14.4. The predicted molar refractivity (Wildman–Crippen MR) is 102 cm³/mol. The highest BCUT2D eigenvalue weighted by atomic mass is 16.7. The van der Waals surface area contributed by atoms with Gasteiger partial charge in [-0.05, 0) is 42.8 Å². The van der Waals surface area contributed by atoms with Crippen LogP contribution in [0, 0.1) is 0 Å². The summed E-state index contributed by atoms with van der Waals surface area (Å²) in [6, 6.07) is 9.53. The molecule has 1 fully saturated rings. The van der Waals surface area contributed by atoms with E-state index < -0.39 is 17.5 Å². The molecule has 3 aliphatic rings. The van der Waals surface area contributed by atoms with Crippen molar-refractivity contribution < 1.29 is 33.3 Å². The summed E-state index contributed by atoms with van der Waals surface area (Å²) in [4.78, 5) is 39.1. The fourth-order valence-electron chi connectivity index (χ4n) is 3.77. The predicted octanol–water partition coefficient (Wildman–Crippen LogP) is 1.88. The van der Waals surface area contributed by atoms with Gasteiger partial charge in [0.05, 0.1) is 6.54 Å². The molecule has 0 spiro atoms. The molecule has 0 saturated carbocycles. The number of rotatable bonds is 5. The molecular formula is C21H18N2O7. The summed E-state index contributed by atoms with van der Waals surface area (Å²) in [5, 5.41) is 2.71. The molecule has 154 valence electrons. The van der Waals surface area contributed by atoms with Crippen molar-refractivity contribution in [2.45, 2.75) is 18.9 Å². The summed E-state index contributed by atoms with van der Waals surface area (Å²) < 4.78 is 21.2. The van der Waals surface area contributed by atoms with Gasteiger partial charge in [0.2, 0.25) is 13.6 Å². The third kappa shape index (κ3) is 2.99. The Morgan fingerprint density at radius 3 is 2.33 bits per heavy atom. The van der Waals surface area contributed by atoms with Crippen molar-refractivity contribution >= 4 is 17.7 Å². The smallest absolute Gasteiger partial charge is 0.325 e. The molecular weight excluding hydrogens is 392 g/mol. The third-order valence-electron chi connectivity index (χ3n) is 5.34. The Hall–Kier alpha value is -3.75. The second-order valence-corrected chi connectivity index (χ2v) is 7.51. The van der Waals surface area contributed by atoms with E-state index in [0.717, 1.165) is 10.5 Å². The monoisotopic (exact) mass is 410 g/mol. The number of fused-ring (bicyclic) bond motifs is 2. The number of hydrogen-bond donors (Lipinski definition) is 1. The Labute approximate surface area is 171 Å². The van der Waals surface area contributed by atoms with Gasteiger partial charge in [-0.2, -0.15) is 0 Å². The van der Waals surface area contributed by atoms with E-state index >= 15 is 0 Å². The van der Waals surface area contributed by atoms with Crippen LogP contribution in [-0.4, -0.2) is 48.3 Å². The van der Waals surface area contributed by atoms with Gasteiger partial charge in [0.15, 0.2) is 28.8 Å². The van der Waals surface area contributed by atoms with Crippen LogP contribution in [0.2, 0.25) is 0 Å². The molecule has 3 heterocycles. The molecule has 2 aromatic carbocycles. The highest BCUT2D eigenvalue weighted by Crippen LogP contribution is 2.35. The summed E-state index contributed by atoms with van der Waals surface area (Å²) in [7, 11) is 0. The molecule has 3 amide bonds. The van der Waals surface area contributed by atoms with Crippen LogP contribution in [0.25, 0.3) is 0 Å². The minimum absolute atomic E-state index is 0.0954. The highest BCUT2D eigenvalue weighted by molar-refractivity contribution is 6.11. The number of ketones is 1. The highest BCUT2D eigenvalue weighted by Gasteiger charge is 2.48. The normalized spacial score (nSPS) is 21.2. The van der Waals surface area contributed by atoms with Gasteiger partial charge in [0.1, 0.15) is 5.54 Å². The lowest BCUT2D eigenvalue weighted by Gasteiger charge is -2.21. The zero-order valence-corrected chi connectivity index (χ0v) is 16.1. The standard InChI is InChI=1S/C21H18N2O7/c1-21(8-12-2-4-15-17(6-12)29-10-27-15)19(25)23(20(26)22-21)9-14(24)13-3-5-16-18(7-13)30-11-28-16/h2-7H,8-11H2,1H3,(H,22,26)/t21-/m1/s1. The van der Waals surface area contributed by atoms with Crippen LogP contribution >= 0.6 is 0 Å². The van der Waals surface area contributed by atoms with Crippen LogP contribution in [0.1, 0.15) is 22.8 Å². The number of Topliss-reactive ketones (excluding diaryl/α,β-unsaturated/α-hetero) is 1. The van der Waals surface area contributed by atoms with E-state index in [1.54, 1.807) is 37.3 Å². The third-order valence-corrected chi connectivity index (χ3v) is 5.34. The summed E-state index contributed by atoms with van der Waals surface area (Å²) >= 11 is 0.